The third kappa shape index (κ3) is 3.08. The monoisotopic (exact) mass is 339 g/mol. The van der Waals surface area contributed by atoms with Gasteiger partial charge in [0, 0.05) is 6.07 Å². The summed E-state index contributed by atoms with van der Waals surface area (Å²) in [6.45, 7) is 0.456. The van der Waals surface area contributed by atoms with Crippen LogP contribution in [0.4, 0.5) is 0 Å². The van der Waals surface area contributed by atoms with E-state index in [0.29, 0.717) is 17.3 Å². The predicted molar refractivity (Wildman–Crippen MR) is 90.8 cm³/mol. The summed E-state index contributed by atoms with van der Waals surface area (Å²) in [5, 5.41) is 2.82. The second-order valence-corrected chi connectivity index (χ2v) is 5.65. The largest absolute Gasteiger partial charge is 0.497 e. The Bertz CT molecular complexity index is 922. The number of aromatic amines is 1. The molecule has 1 atom stereocenters. The van der Waals surface area contributed by atoms with E-state index in [1.807, 2.05) is 36.4 Å². The Balaban J connectivity index is 1.40. The molecule has 1 unspecified atom stereocenters. The van der Waals surface area contributed by atoms with E-state index in [1.165, 1.54) is 0 Å². The number of amides is 1. The number of nitrogens with zero attached hydrogens (tertiary/aromatic N) is 1. The number of H-pyrrole nitrogens is 1. The minimum absolute atomic E-state index is 0.181. The lowest BCUT2D eigenvalue weighted by molar-refractivity contribution is -0.130. The molecule has 25 heavy (non-hydrogen) atoms. The molecule has 0 aliphatic carbocycles. The number of nitrogens with one attached hydrogen (secondary N) is 2. The number of hydrogen-bond donors (Lipinski definition) is 2. The number of para-hydroxylation sites is 2. The topological polar surface area (TPSA) is 85.5 Å². The molecular formula is C18H17N3O4. The van der Waals surface area contributed by atoms with Crippen LogP contribution in [-0.4, -0.2) is 35.7 Å². The quantitative estimate of drug-likeness (QED) is 0.760. The lowest BCUT2D eigenvalue weighted by atomic mass is 10.2. The third-order valence-corrected chi connectivity index (χ3v) is 3.97. The summed E-state index contributed by atoms with van der Waals surface area (Å²) in [5.41, 5.74) is 1.67. The van der Waals surface area contributed by atoms with E-state index in [2.05, 4.69) is 15.3 Å². The molecule has 2 aromatic carbocycles. The summed E-state index contributed by atoms with van der Waals surface area (Å²) in [4.78, 5) is 19.9. The number of ether oxygens (including phenoxy) is 3. The summed E-state index contributed by atoms with van der Waals surface area (Å²) in [6, 6.07) is 12.9. The van der Waals surface area contributed by atoms with Gasteiger partial charge in [0.25, 0.3) is 5.91 Å². The van der Waals surface area contributed by atoms with E-state index in [4.69, 9.17) is 14.2 Å². The minimum atomic E-state index is -0.681. The zero-order valence-corrected chi connectivity index (χ0v) is 13.6. The molecule has 7 nitrogen and oxygen atoms in total. The van der Waals surface area contributed by atoms with Crippen molar-refractivity contribution >= 4 is 16.9 Å². The van der Waals surface area contributed by atoms with Gasteiger partial charge in [0.05, 0.1) is 24.7 Å². The van der Waals surface area contributed by atoms with Gasteiger partial charge in [0.2, 0.25) is 6.10 Å². The van der Waals surface area contributed by atoms with Crippen LogP contribution in [0, 0.1) is 0 Å². The van der Waals surface area contributed by atoms with E-state index in [-0.39, 0.29) is 19.1 Å². The molecule has 0 saturated heterocycles. The number of hydrogen-bond acceptors (Lipinski definition) is 5. The number of benzene rings is 2. The van der Waals surface area contributed by atoms with Crippen molar-refractivity contribution in [3.8, 4) is 17.2 Å². The molecule has 1 aromatic heterocycles. The van der Waals surface area contributed by atoms with Crippen molar-refractivity contribution in [3.05, 3.63) is 48.3 Å². The van der Waals surface area contributed by atoms with Crippen molar-refractivity contribution in [1.82, 2.24) is 15.3 Å². The van der Waals surface area contributed by atoms with Gasteiger partial charge in [-0.3, -0.25) is 4.79 Å². The van der Waals surface area contributed by atoms with Gasteiger partial charge in [0.15, 0.2) is 11.5 Å². The van der Waals surface area contributed by atoms with Crippen LogP contribution in [-0.2, 0) is 11.3 Å². The first-order valence-electron chi connectivity index (χ1n) is 7.92. The SMILES string of the molecule is COc1ccc2nc(CNC(=O)C3COc4ccccc4O3)[nH]c2c1. The first kappa shape index (κ1) is 15.3. The molecule has 0 radical (unpaired) electrons. The van der Waals surface area contributed by atoms with Gasteiger partial charge >= 0.3 is 0 Å². The van der Waals surface area contributed by atoms with Crippen molar-refractivity contribution < 1.29 is 19.0 Å². The fourth-order valence-electron chi connectivity index (χ4n) is 2.69. The fourth-order valence-corrected chi connectivity index (χ4v) is 2.69. The van der Waals surface area contributed by atoms with Crippen molar-refractivity contribution in [2.75, 3.05) is 13.7 Å². The van der Waals surface area contributed by atoms with Gasteiger partial charge in [-0.25, -0.2) is 4.98 Å². The molecule has 0 saturated carbocycles. The molecule has 1 amide bonds. The van der Waals surface area contributed by atoms with Crippen LogP contribution in [0.3, 0.4) is 0 Å². The van der Waals surface area contributed by atoms with Gasteiger partial charge in [-0.15, -0.1) is 0 Å². The van der Waals surface area contributed by atoms with Crippen molar-refractivity contribution in [3.63, 3.8) is 0 Å². The van der Waals surface area contributed by atoms with Crippen molar-refractivity contribution in [1.29, 1.82) is 0 Å². The number of fused-ring (bicyclic) bond motifs is 2. The van der Waals surface area contributed by atoms with Crippen LogP contribution in [0.25, 0.3) is 11.0 Å². The number of carbonyl (C=O) groups excluding carboxylic acids is 1. The first-order chi connectivity index (χ1) is 12.2. The van der Waals surface area contributed by atoms with Gasteiger partial charge in [-0.2, -0.15) is 0 Å². The Morgan fingerprint density at radius 1 is 1.32 bits per heavy atom. The smallest absolute Gasteiger partial charge is 0.265 e. The number of carbonyl (C=O) groups is 1. The lowest BCUT2D eigenvalue weighted by Crippen LogP contribution is -2.43. The maximum Gasteiger partial charge on any atom is 0.265 e. The highest BCUT2D eigenvalue weighted by Crippen LogP contribution is 2.30. The normalized spacial score (nSPS) is 15.8. The van der Waals surface area contributed by atoms with Crippen molar-refractivity contribution in [2.45, 2.75) is 12.6 Å². The summed E-state index contributed by atoms with van der Waals surface area (Å²) < 4.78 is 16.4. The van der Waals surface area contributed by atoms with E-state index in [1.54, 1.807) is 13.2 Å². The van der Waals surface area contributed by atoms with E-state index < -0.39 is 6.10 Å². The molecule has 128 valence electrons. The zero-order chi connectivity index (χ0) is 17.2. The second kappa shape index (κ2) is 6.35. The van der Waals surface area contributed by atoms with Crippen LogP contribution in [0.15, 0.2) is 42.5 Å². The van der Waals surface area contributed by atoms with E-state index >= 15 is 0 Å². The minimum Gasteiger partial charge on any atom is -0.497 e. The fraction of sp³-hybridized carbons (Fsp3) is 0.222. The van der Waals surface area contributed by atoms with Crippen LogP contribution in [0.5, 0.6) is 17.2 Å². The molecular weight excluding hydrogens is 322 g/mol. The lowest BCUT2D eigenvalue weighted by Gasteiger charge is -2.25. The molecule has 3 aromatic rings. The molecule has 4 rings (SSSR count). The highest BCUT2D eigenvalue weighted by Gasteiger charge is 2.27. The number of aromatic nitrogens is 2. The standard InChI is InChI=1S/C18H17N3O4/c1-23-11-6-7-12-13(8-11)21-17(20-12)9-19-18(22)16-10-24-14-4-2-3-5-15(14)25-16/h2-8,16H,9-10H2,1H3,(H,19,22)(H,20,21). The third-order valence-electron chi connectivity index (χ3n) is 3.97. The molecule has 0 spiro atoms. The highest BCUT2D eigenvalue weighted by atomic mass is 16.6. The van der Waals surface area contributed by atoms with E-state index in [0.717, 1.165) is 16.8 Å². The average Bonchev–Trinajstić information content (AvgIpc) is 3.07. The van der Waals surface area contributed by atoms with Gasteiger partial charge < -0.3 is 24.5 Å². The van der Waals surface area contributed by atoms with E-state index in [9.17, 15) is 4.79 Å². The summed E-state index contributed by atoms with van der Waals surface area (Å²) >= 11 is 0. The van der Waals surface area contributed by atoms with Gasteiger partial charge in [-0.1, -0.05) is 12.1 Å². The molecule has 0 bridgehead atoms. The Morgan fingerprint density at radius 3 is 3.00 bits per heavy atom. The van der Waals surface area contributed by atoms with Crippen molar-refractivity contribution in [2.24, 2.45) is 0 Å². The predicted octanol–water partition coefficient (Wildman–Crippen LogP) is 2.03. The maximum absolute atomic E-state index is 12.3. The van der Waals surface area contributed by atoms with Crippen LogP contribution >= 0.6 is 0 Å². The average molecular weight is 339 g/mol. The van der Waals surface area contributed by atoms with Crippen LogP contribution in [0.2, 0.25) is 0 Å². The van der Waals surface area contributed by atoms with Crippen LogP contribution in [0.1, 0.15) is 5.82 Å². The highest BCUT2D eigenvalue weighted by molar-refractivity contribution is 5.82. The van der Waals surface area contributed by atoms with Gasteiger partial charge in [0.1, 0.15) is 18.2 Å². The van der Waals surface area contributed by atoms with Crippen LogP contribution < -0.4 is 19.5 Å². The Labute approximate surface area is 143 Å². The van der Waals surface area contributed by atoms with Gasteiger partial charge in [-0.05, 0) is 24.3 Å². The number of imidazole rings is 1. The molecule has 2 N–H and O–H groups in total. The molecule has 1 aliphatic heterocycles. The molecule has 2 heterocycles. The Morgan fingerprint density at radius 2 is 2.16 bits per heavy atom. The first-order valence-corrected chi connectivity index (χ1v) is 7.92. The maximum atomic E-state index is 12.3. The Hall–Kier alpha value is -3.22. The summed E-state index contributed by atoms with van der Waals surface area (Å²) in [6.07, 6.45) is -0.681. The summed E-state index contributed by atoms with van der Waals surface area (Å²) in [5.74, 6) is 2.39. The molecule has 0 fully saturated rings. The zero-order valence-electron chi connectivity index (χ0n) is 13.6. The Kier molecular flexibility index (Phi) is 3.89. The second-order valence-electron chi connectivity index (χ2n) is 5.65. The number of rotatable bonds is 4. The molecule has 7 heteroatoms. The summed E-state index contributed by atoms with van der Waals surface area (Å²) in [7, 11) is 1.61. The molecule has 1 aliphatic rings. The number of methoxy groups -OCH3 is 1.